The zero-order valence-corrected chi connectivity index (χ0v) is 17.9. The van der Waals surface area contributed by atoms with E-state index in [0.29, 0.717) is 16.9 Å². The van der Waals surface area contributed by atoms with E-state index in [1.165, 1.54) is 31.3 Å². The Morgan fingerprint density at radius 1 is 1.03 bits per heavy atom. The fraction of sp³-hybridized carbons (Fsp3) is 0.125. The lowest BCUT2D eigenvalue weighted by molar-refractivity contribution is -0.386. The number of hydrazone groups is 1. The van der Waals surface area contributed by atoms with Crippen molar-refractivity contribution < 1.29 is 24.0 Å². The molecule has 1 atom stereocenters. The van der Waals surface area contributed by atoms with E-state index < -0.39 is 22.9 Å². The van der Waals surface area contributed by atoms with Gasteiger partial charge in [-0.25, -0.2) is 10.2 Å². The number of para-hydroxylation sites is 2. The van der Waals surface area contributed by atoms with E-state index >= 15 is 0 Å². The topological polar surface area (TPSA) is 120 Å². The van der Waals surface area contributed by atoms with Crippen LogP contribution in [0.4, 0.5) is 5.69 Å². The van der Waals surface area contributed by atoms with Crippen LogP contribution in [0.15, 0.2) is 77.9 Å². The van der Waals surface area contributed by atoms with Gasteiger partial charge in [0.1, 0.15) is 5.75 Å². The summed E-state index contributed by atoms with van der Waals surface area (Å²) >= 11 is 0. The number of amides is 1. The predicted molar refractivity (Wildman–Crippen MR) is 122 cm³/mol. The van der Waals surface area contributed by atoms with Crippen molar-refractivity contribution in [2.24, 2.45) is 5.10 Å². The molecule has 0 saturated carbocycles. The van der Waals surface area contributed by atoms with Gasteiger partial charge in [-0.05, 0) is 61.9 Å². The van der Waals surface area contributed by atoms with E-state index in [4.69, 9.17) is 9.47 Å². The number of nitrogens with one attached hydrogen (secondary N) is 1. The number of benzene rings is 3. The van der Waals surface area contributed by atoms with Crippen LogP contribution in [-0.2, 0) is 4.79 Å². The molecule has 0 bridgehead atoms. The molecule has 9 heteroatoms. The first-order valence-electron chi connectivity index (χ1n) is 9.95. The van der Waals surface area contributed by atoms with Crippen molar-refractivity contribution in [3.8, 4) is 11.5 Å². The number of hydrogen-bond donors (Lipinski definition) is 1. The minimum absolute atomic E-state index is 0.00935. The van der Waals surface area contributed by atoms with Gasteiger partial charge in [0.15, 0.2) is 11.9 Å². The van der Waals surface area contributed by atoms with E-state index in [-0.39, 0.29) is 11.4 Å². The molecule has 0 aliphatic carbocycles. The van der Waals surface area contributed by atoms with Gasteiger partial charge in [-0.1, -0.05) is 29.8 Å². The SMILES string of the molecule is Cc1ccc(C(=O)Oc2ccc(C=NNC(=O)C(C)Oc3ccccc3[N+](=O)[O-])cc2)cc1. The number of nitrogens with zero attached hydrogens (tertiary/aromatic N) is 2. The molecule has 168 valence electrons. The third-order valence-electron chi connectivity index (χ3n) is 4.50. The van der Waals surface area contributed by atoms with Crippen LogP contribution in [-0.4, -0.2) is 29.1 Å². The third kappa shape index (κ3) is 6.47. The van der Waals surface area contributed by atoms with Gasteiger partial charge in [-0.2, -0.15) is 5.10 Å². The average Bonchev–Trinajstić information content (AvgIpc) is 2.80. The monoisotopic (exact) mass is 447 g/mol. The van der Waals surface area contributed by atoms with Gasteiger partial charge in [0, 0.05) is 6.07 Å². The standard InChI is InChI=1S/C24H21N3O6/c1-16-7-11-19(12-8-16)24(29)33-20-13-9-18(10-14-20)15-25-26-23(28)17(2)32-22-6-4-3-5-21(22)27(30)31/h3-15,17H,1-2H3,(H,26,28). The highest BCUT2D eigenvalue weighted by atomic mass is 16.6. The minimum Gasteiger partial charge on any atom is -0.474 e. The second-order valence-electron chi connectivity index (χ2n) is 7.04. The van der Waals surface area contributed by atoms with Crippen LogP contribution >= 0.6 is 0 Å². The van der Waals surface area contributed by atoms with Crippen LogP contribution in [0.3, 0.4) is 0 Å². The second kappa shape index (κ2) is 10.7. The molecule has 0 spiro atoms. The van der Waals surface area contributed by atoms with E-state index in [2.05, 4.69) is 10.5 Å². The Morgan fingerprint density at radius 2 is 1.70 bits per heavy atom. The number of aryl methyl sites for hydroxylation is 1. The van der Waals surface area contributed by atoms with Gasteiger partial charge in [0.2, 0.25) is 0 Å². The molecule has 0 saturated heterocycles. The van der Waals surface area contributed by atoms with Crippen LogP contribution in [0.1, 0.15) is 28.4 Å². The van der Waals surface area contributed by atoms with Crippen molar-refractivity contribution in [2.45, 2.75) is 20.0 Å². The Hall–Kier alpha value is -4.53. The Labute approximate surface area is 189 Å². The van der Waals surface area contributed by atoms with Gasteiger partial charge in [0.05, 0.1) is 16.7 Å². The molecule has 3 rings (SSSR count). The highest BCUT2D eigenvalue weighted by Crippen LogP contribution is 2.26. The first-order valence-corrected chi connectivity index (χ1v) is 9.95. The Balaban J connectivity index is 1.52. The molecule has 0 aliphatic rings. The van der Waals surface area contributed by atoms with Crippen molar-refractivity contribution in [1.29, 1.82) is 0 Å². The summed E-state index contributed by atoms with van der Waals surface area (Å²) in [7, 11) is 0. The highest BCUT2D eigenvalue weighted by Gasteiger charge is 2.20. The molecule has 1 unspecified atom stereocenters. The van der Waals surface area contributed by atoms with Gasteiger partial charge in [0.25, 0.3) is 5.91 Å². The summed E-state index contributed by atoms with van der Waals surface area (Å²) in [6.07, 6.45) is 0.396. The number of ether oxygens (including phenoxy) is 2. The molecule has 1 N–H and O–H groups in total. The molecule has 3 aromatic rings. The lowest BCUT2D eigenvalue weighted by Gasteiger charge is -2.12. The number of esters is 1. The first-order chi connectivity index (χ1) is 15.8. The highest BCUT2D eigenvalue weighted by molar-refractivity contribution is 5.91. The Morgan fingerprint density at radius 3 is 2.36 bits per heavy atom. The summed E-state index contributed by atoms with van der Waals surface area (Å²) in [5.74, 6) is -0.678. The molecule has 0 aliphatic heterocycles. The zero-order chi connectivity index (χ0) is 23.8. The lowest BCUT2D eigenvalue weighted by Crippen LogP contribution is -2.33. The predicted octanol–water partition coefficient (Wildman–Crippen LogP) is 4.04. The minimum atomic E-state index is -1.01. The van der Waals surface area contributed by atoms with Crippen molar-refractivity contribution in [3.05, 3.63) is 99.6 Å². The Kier molecular flexibility index (Phi) is 7.48. The van der Waals surface area contributed by atoms with Crippen LogP contribution < -0.4 is 14.9 Å². The van der Waals surface area contributed by atoms with Gasteiger partial charge < -0.3 is 9.47 Å². The molecule has 0 heterocycles. The number of hydrogen-bond acceptors (Lipinski definition) is 7. The number of nitro benzene ring substituents is 1. The first kappa shape index (κ1) is 23.1. The normalized spacial score (nSPS) is 11.6. The largest absolute Gasteiger partial charge is 0.474 e. The summed E-state index contributed by atoms with van der Waals surface area (Å²) in [6, 6.07) is 19.4. The smallest absolute Gasteiger partial charge is 0.343 e. The second-order valence-corrected chi connectivity index (χ2v) is 7.04. The summed E-state index contributed by atoms with van der Waals surface area (Å²) in [5, 5.41) is 14.9. The molecule has 9 nitrogen and oxygen atoms in total. The molecule has 33 heavy (non-hydrogen) atoms. The maximum Gasteiger partial charge on any atom is 0.343 e. The fourth-order valence-corrected chi connectivity index (χ4v) is 2.69. The molecule has 3 aromatic carbocycles. The summed E-state index contributed by atoms with van der Waals surface area (Å²) in [6.45, 7) is 3.39. The van der Waals surface area contributed by atoms with Gasteiger partial charge in [-0.3, -0.25) is 14.9 Å². The van der Waals surface area contributed by atoms with Crippen LogP contribution in [0.5, 0.6) is 11.5 Å². The Bertz CT molecular complexity index is 1170. The number of carbonyl (C=O) groups is 2. The molecular weight excluding hydrogens is 426 g/mol. The van der Waals surface area contributed by atoms with Crippen LogP contribution in [0.2, 0.25) is 0 Å². The average molecular weight is 447 g/mol. The van der Waals surface area contributed by atoms with Crippen molar-refractivity contribution in [3.63, 3.8) is 0 Å². The van der Waals surface area contributed by atoms with E-state index in [1.807, 2.05) is 19.1 Å². The number of nitro groups is 1. The molecule has 1 amide bonds. The van der Waals surface area contributed by atoms with Crippen molar-refractivity contribution in [1.82, 2.24) is 5.43 Å². The van der Waals surface area contributed by atoms with Crippen molar-refractivity contribution >= 4 is 23.8 Å². The van der Waals surface area contributed by atoms with Crippen LogP contribution in [0.25, 0.3) is 0 Å². The van der Waals surface area contributed by atoms with E-state index in [9.17, 15) is 19.7 Å². The number of carbonyl (C=O) groups excluding carboxylic acids is 2. The van der Waals surface area contributed by atoms with Crippen LogP contribution in [0, 0.1) is 17.0 Å². The molecular formula is C24H21N3O6. The summed E-state index contributed by atoms with van der Waals surface area (Å²) in [4.78, 5) is 34.8. The molecule has 0 radical (unpaired) electrons. The maximum atomic E-state index is 12.2. The van der Waals surface area contributed by atoms with E-state index in [1.54, 1.807) is 42.5 Å². The number of rotatable bonds is 8. The van der Waals surface area contributed by atoms with E-state index in [0.717, 1.165) is 5.56 Å². The molecule has 0 aromatic heterocycles. The summed E-state index contributed by atoms with van der Waals surface area (Å²) in [5.41, 5.74) is 4.24. The van der Waals surface area contributed by atoms with Crippen molar-refractivity contribution in [2.75, 3.05) is 0 Å². The quantitative estimate of drug-likeness (QED) is 0.183. The molecule has 0 fully saturated rings. The zero-order valence-electron chi connectivity index (χ0n) is 17.9. The maximum absolute atomic E-state index is 12.2. The van der Waals surface area contributed by atoms with Gasteiger partial charge >= 0.3 is 11.7 Å². The fourth-order valence-electron chi connectivity index (χ4n) is 2.69. The summed E-state index contributed by atoms with van der Waals surface area (Å²) < 4.78 is 10.7. The lowest BCUT2D eigenvalue weighted by atomic mass is 10.1. The van der Waals surface area contributed by atoms with Gasteiger partial charge in [-0.15, -0.1) is 0 Å². The third-order valence-corrected chi connectivity index (χ3v) is 4.50.